The first-order valence-corrected chi connectivity index (χ1v) is 10.5. The minimum absolute atomic E-state index is 0.210. The third-order valence-corrected chi connectivity index (χ3v) is 7.26. The highest BCUT2D eigenvalue weighted by Gasteiger charge is 2.44. The Morgan fingerprint density at radius 2 is 1.04 bits per heavy atom. The van der Waals surface area contributed by atoms with Gasteiger partial charge in [-0.3, -0.25) is 0 Å². The molecule has 3 heteroatoms. The standard InChI is InChI=1S/C21H36F2O/c1-15-3-7-17(8-4-15)18-9-13-20(14-10-18)24-21(22,23)19-11-5-16(2)6-12-19/h15-20H,3-14H2,1-2H3. The summed E-state index contributed by atoms with van der Waals surface area (Å²) in [5.74, 6) is 2.55. The molecule has 0 bridgehead atoms. The van der Waals surface area contributed by atoms with Crippen LogP contribution in [0.5, 0.6) is 0 Å². The summed E-state index contributed by atoms with van der Waals surface area (Å²) in [6, 6.07) is 0. The summed E-state index contributed by atoms with van der Waals surface area (Å²) in [6.07, 6.45) is 9.31. The van der Waals surface area contributed by atoms with Gasteiger partial charge in [0, 0.05) is 0 Å². The molecule has 140 valence electrons. The van der Waals surface area contributed by atoms with Crippen molar-refractivity contribution in [1.82, 2.24) is 0 Å². The lowest BCUT2D eigenvalue weighted by Gasteiger charge is -2.39. The van der Waals surface area contributed by atoms with E-state index >= 15 is 0 Å². The smallest absolute Gasteiger partial charge is 0.317 e. The molecule has 0 N–H and O–H groups in total. The number of ether oxygens (including phenoxy) is 1. The Kier molecular flexibility index (Phi) is 6.21. The minimum Gasteiger partial charge on any atom is -0.317 e. The van der Waals surface area contributed by atoms with Crippen molar-refractivity contribution >= 4 is 0 Å². The van der Waals surface area contributed by atoms with Crippen LogP contribution in [0.15, 0.2) is 0 Å². The van der Waals surface area contributed by atoms with Crippen LogP contribution in [0.1, 0.15) is 90.9 Å². The van der Waals surface area contributed by atoms with Gasteiger partial charge in [0.05, 0.1) is 12.0 Å². The molecule has 3 aliphatic carbocycles. The summed E-state index contributed by atoms with van der Waals surface area (Å²) in [5, 5.41) is 0. The van der Waals surface area contributed by atoms with Gasteiger partial charge in [0.25, 0.3) is 0 Å². The Balaban J connectivity index is 1.43. The molecular formula is C21H36F2O. The van der Waals surface area contributed by atoms with Gasteiger partial charge in [-0.15, -0.1) is 0 Å². The summed E-state index contributed by atoms with van der Waals surface area (Å²) in [4.78, 5) is 0. The number of halogens is 2. The summed E-state index contributed by atoms with van der Waals surface area (Å²) in [7, 11) is 0. The molecule has 3 fully saturated rings. The normalized spacial score (nSPS) is 42.0. The highest BCUT2D eigenvalue weighted by Crippen LogP contribution is 2.44. The third kappa shape index (κ3) is 4.71. The van der Waals surface area contributed by atoms with Gasteiger partial charge in [0.15, 0.2) is 0 Å². The number of rotatable bonds is 4. The van der Waals surface area contributed by atoms with Crippen LogP contribution in [0.2, 0.25) is 0 Å². The first-order chi connectivity index (χ1) is 11.4. The Morgan fingerprint density at radius 1 is 0.625 bits per heavy atom. The Bertz CT molecular complexity index is 373. The molecule has 0 spiro atoms. The molecule has 0 aromatic heterocycles. The molecule has 1 nitrogen and oxygen atoms in total. The average molecular weight is 343 g/mol. The Labute approximate surface area is 146 Å². The van der Waals surface area contributed by atoms with Crippen molar-refractivity contribution < 1.29 is 13.5 Å². The van der Waals surface area contributed by atoms with Gasteiger partial charge in [0.1, 0.15) is 0 Å². The quantitative estimate of drug-likeness (QED) is 0.545. The number of alkyl halides is 2. The van der Waals surface area contributed by atoms with Crippen LogP contribution >= 0.6 is 0 Å². The highest BCUT2D eigenvalue weighted by atomic mass is 19.3. The lowest BCUT2D eigenvalue weighted by Crippen LogP contribution is -2.39. The maximum atomic E-state index is 14.5. The largest absolute Gasteiger partial charge is 0.358 e. The van der Waals surface area contributed by atoms with Gasteiger partial charge >= 0.3 is 6.11 Å². The van der Waals surface area contributed by atoms with E-state index in [2.05, 4.69) is 13.8 Å². The summed E-state index contributed by atoms with van der Waals surface area (Å²) in [6.45, 7) is 4.53. The van der Waals surface area contributed by atoms with Crippen LogP contribution < -0.4 is 0 Å². The minimum atomic E-state index is -2.90. The van der Waals surface area contributed by atoms with E-state index in [4.69, 9.17) is 4.74 Å². The molecule has 0 atom stereocenters. The predicted molar refractivity (Wildman–Crippen MR) is 94.0 cm³/mol. The zero-order valence-corrected chi connectivity index (χ0v) is 15.6. The first-order valence-electron chi connectivity index (χ1n) is 10.5. The fourth-order valence-corrected chi connectivity index (χ4v) is 5.35. The molecule has 0 saturated heterocycles. The highest BCUT2D eigenvalue weighted by molar-refractivity contribution is 4.83. The molecule has 24 heavy (non-hydrogen) atoms. The lowest BCUT2D eigenvalue weighted by molar-refractivity contribution is -0.302. The van der Waals surface area contributed by atoms with Crippen LogP contribution in [-0.4, -0.2) is 12.2 Å². The lowest BCUT2D eigenvalue weighted by atomic mass is 9.71. The van der Waals surface area contributed by atoms with Crippen LogP contribution in [-0.2, 0) is 4.74 Å². The van der Waals surface area contributed by atoms with Crippen molar-refractivity contribution in [1.29, 1.82) is 0 Å². The van der Waals surface area contributed by atoms with Gasteiger partial charge in [-0.25, -0.2) is 0 Å². The van der Waals surface area contributed by atoms with Crippen molar-refractivity contribution in [2.45, 2.75) is 103 Å². The number of hydrogen-bond donors (Lipinski definition) is 0. The van der Waals surface area contributed by atoms with Crippen LogP contribution in [0.4, 0.5) is 8.78 Å². The van der Waals surface area contributed by atoms with E-state index in [-0.39, 0.29) is 6.10 Å². The van der Waals surface area contributed by atoms with Gasteiger partial charge in [-0.05, 0) is 75.0 Å². The van der Waals surface area contributed by atoms with Crippen molar-refractivity contribution in [3.63, 3.8) is 0 Å². The molecular weight excluding hydrogens is 306 g/mol. The fraction of sp³-hybridized carbons (Fsp3) is 1.00. The van der Waals surface area contributed by atoms with Crippen LogP contribution in [0.25, 0.3) is 0 Å². The molecule has 0 radical (unpaired) electrons. The zero-order chi connectivity index (χ0) is 17.2. The predicted octanol–water partition coefficient (Wildman–Crippen LogP) is 6.81. The Hall–Kier alpha value is -0.180. The molecule has 0 unspecified atom stereocenters. The topological polar surface area (TPSA) is 9.23 Å². The molecule has 0 aliphatic heterocycles. The second kappa shape index (κ2) is 8.01. The molecule has 3 saturated carbocycles. The summed E-state index contributed by atoms with van der Waals surface area (Å²) in [5.41, 5.74) is 0. The van der Waals surface area contributed by atoms with E-state index in [1.807, 2.05) is 0 Å². The zero-order valence-electron chi connectivity index (χ0n) is 15.6. The summed E-state index contributed by atoms with van der Waals surface area (Å²) < 4.78 is 34.4. The third-order valence-electron chi connectivity index (χ3n) is 7.26. The second-order valence-electron chi connectivity index (χ2n) is 9.19. The molecule has 0 heterocycles. The number of hydrogen-bond acceptors (Lipinski definition) is 1. The van der Waals surface area contributed by atoms with E-state index in [0.717, 1.165) is 56.3 Å². The Morgan fingerprint density at radius 3 is 1.54 bits per heavy atom. The maximum Gasteiger partial charge on any atom is 0.358 e. The van der Waals surface area contributed by atoms with Crippen molar-refractivity contribution in [2.75, 3.05) is 0 Å². The van der Waals surface area contributed by atoms with Gasteiger partial charge in [0.2, 0.25) is 0 Å². The van der Waals surface area contributed by atoms with Crippen LogP contribution in [0, 0.1) is 29.6 Å². The van der Waals surface area contributed by atoms with E-state index in [9.17, 15) is 8.78 Å². The monoisotopic (exact) mass is 342 g/mol. The van der Waals surface area contributed by atoms with Gasteiger partial charge < -0.3 is 4.74 Å². The molecule has 0 aromatic carbocycles. The van der Waals surface area contributed by atoms with Crippen LogP contribution in [0.3, 0.4) is 0 Å². The SMILES string of the molecule is CC1CCC(C2CCC(OC(F)(F)C3CCC(C)CC3)CC2)CC1. The fourth-order valence-electron chi connectivity index (χ4n) is 5.35. The van der Waals surface area contributed by atoms with Gasteiger partial charge in [-0.2, -0.15) is 8.78 Å². The van der Waals surface area contributed by atoms with E-state index in [1.165, 1.54) is 25.7 Å². The van der Waals surface area contributed by atoms with Crippen molar-refractivity contribution in [3.05, 3.63) is 0 Å². The van der Waals surface area contributed by atoms with E-state index in [0.29, 0.717) is 18.8 Å². The average Bonchev–Trinajstić information content (AvgIpc) is 2.56. The molecule has 3 aliphatic rings. The van der Waals surface area contributed by atoms with E-state index in [1.54, 1.807) is 0 Å². The molecule has 0 aromatic rings. The van der Waals surface area contributed by atoms with Crippen molar-refractivity contribution in [3.8, 4) is 0 Å². The first kappa shape index (κ1) is 18.6. The van der Waals surface area contributed by atoms with Gasteiger partial charge in [-0.1, -0.05) is 39.5 Å². The van der Waals surface area contributed by atoms with E-state index < -0.39 is 12.0 Å². The molecule has 3 rings (SSSR count). The molecule has 0 amide bonds. The second-order valence-corrected chi connectivity index (χ2v) is 9.19. The van der Waals surface area contributed by atoms with Crippen molar-refractivity contribution in [2.24, 2.45) is 29.6 Å². The maximum absolute atomic E-state index is 14.5. The summed E-state index contributed by atoms with van der Waals surface area (Å²) >= 11 is 0.